The lowest BCUT2D eigenvalue weighted by molar-refractivity contribution is 0.0701. The first-order valence-electron chi connectivity index (χ1n) is 6.34. The largest absolute Gasteiger partial charge is 0.382 e. The van der Waals surface area contributed by atoms with Gasteiger partial charge >= 0.3 is 0 Å². The van der Waals surface area contributed by atoms with E-state index in [4.69, 9.17) is 15.2 Å². The Balaban J connectivity index is 2.25. The van der Waals surface area contributed by atoms with Crippen molar-refractivity contribution in [2.75, 3.05) is 45.4 Å². The third-order valence-corrected chi connectivity index (χ3v) is 2.80. The van der Waals surface area contributed by atoms with E-state index in [-0.39, 0.29) is 0 Å². The van der Waals surface area contributed by atoms with Gasteiger partial charge in [0.15, 0.2) is 0 Å². The van der Waals surface area contributed by atoms with Crippen molar-refractivity contribution in [2.24, 2.45) is 5.73 Å². The number of nitrogens with two attached hydrogens (primary N) is 1. The molecule has 0 atom stereocenters. The molecule has 102 valence electrons. The average Bonchev–Trinajstić information content (AvgIpc) is 2.42. The summed E-state index contributed by atoms with van der Waals surface area (Å²) < 4.78 is 10.4. The fourth-order valence-corrected chi connectivity index (χ4v) is 1.70. The molecule has 1 rings (SSSR count). The number of ether oxygens (including phenoxy) is 2. The van der Waals surface area contributed by atoms with E-state index in [1.165, 1.54) is 5.69 Å². The van der Waals surface area contributed by atoms with Crippen LogP contribution in [0.15, 0.2) is 24.3 Å². The van der Waals surface area contributed by atoms with Gasteiger partial charge in [-0.05, 0) is 24.1 Å². The van der Waals surface area contributed by atoms with Crippen LogP contribution < -0.4 is 10.6 Å². The van der Waals surface area contributed by atoms with Gasteiger partial charge in [0.2, 0.25) is 0 Å². The molecule has 0 unspecified atom stereocenters. The van der Waals surface area contributed by atoms with Crippen LogP contribution in [-0.4, -0.2) is 40.5 Å². The fourth-order valence-electron chi connectivity index (χ4n) is 1.70. The summed E-state index contributed by atoms with van der Waals surface area (Å²) in [6, 6.07) is 8.32. The maximum absolute atomic E-state index is 5.64. The molecule has 0 saturated heterocycles. The van der Waals surface area contributed by atoms with Gasteiger partial charge in [0.25, 0.3) is 0 Å². The van der Waals surface area contributed by atoms with E-state index in [0.29, 0.717) is 19.8 Å². The lowest BCUT2D eigenvalue weighted by Crippen LogP contribution is -2.20. The van der Waals surface area contributed by atoms with Gasteiger partial charge in [-0.3, -0.25) is 0 Å². The van der Waals surface area contributed by atoms with Crippen LogP contribution in [0.25, 0.3) is 0 Å². The van der Waals surface area contributed by atoms with E-state index in [2.05, 4.69) is 24.1 Å². The normalized spacial score (nSPS) is 10.6. The van der Waals surface area contributed by atoms with Crippen LogP contribution in [0.1, 0.15) is 12.0 Å². The second-order valence-corrected chi connectivity index (χ2v) is 4.25. The van der Waals surface area contributed by atoms with Gasteiger partial charge in [0, 0.05) is 39.5 Å². The molecular weight excluding hydrogens is 228 g/mol. The van der Waals surface area contributed by atoms with Gasteiger partial charge in [-0.1, -0.05) is 12.1 Å². The molecule has 0 saturated carbocycles. The Morgan fingerprint density at radius 2 is 2.06 bits per heavy atom. The second kappa shape index (κ2) is 8.91. The number of rotatable bonds is 9. The van der Waals surface area contributed by atoms with Gasteiger partial charge in [-0.2, -0.15) is 0 Å². The first kappa shape index (κ1) is 15.0. The van der Waals surface area contributed by atoms with Crippen LogP contribution in [0.5, 0.6) is 0 Å². The summed E-state index contributed by atoms with van der Waals surface area (Å²) in [6.45, 7) is 3.66. The molecule has 0 aliphatic heterocycles. The van der Waals surface area contributed by atoms with Crippen molar-refractivity contribution < 1.29 is 9.47 Å². The predicted octanol–water partition coefficient (Wildman–Crippen LogP) is 1.63. The van der Waals surface area contributed by atoms with Crippen LogP contribution in [-0.2, 0) is 16.0 Å². The Morgan fingerprint density at radius 3 is 2.78 bits per heavy atom. The van der Waals surface area contributed by atoms with Crippen molar-refractivity contribution in [3.63, 3.8) is 0 Å². The zero-order valence-electron chi connectivity index (χ0n) is 11.4. The van der Waals surface area contributed by atoms with Crippen molar-refractivity contribution in [3.8, 4) is 0 Å². The van der Waals surface area contributed by atoms with Crippen LogP contribution in [0.3, 0.4) is 0 Å². The summed E-state index contributed by atoms with van der Waals surface area (Å²) >= 11 is 0. The van der Waals surface area contributed by atoms with Gasteiger partial charge in [0.1, 0.15) is 0 Å². The average molecular weight is 252 g/mol. The van der Waals surface area contributed by atoms with Gasteiger partial charge in [-0.25, -0.2) is 0 Å². The van der Waals surface area contributed by atoms with Crippen molar-refractivity contribution in [1.29, 1.82) is 0 Å². The summed E-state index contributed by atoms with van der Waals surface area (Å²) in [6.07, 6.45) is 1.01. The molecule has 1 aromatic carbocycles. The van der Waals surface area contributed by atoms with Crippen molar-refractivity contribution in [2.45, 2.75) is 13.0 Å². The molecule has 2 N–H and O–H groups in total. The Labute approximate surface area is 110 Å². The van der Waals surface area contributed by atoms with Gasteiger partial charge in [-0.15, -0.1) is 0 Å². The van der Waals surface area contributed by atoms with Crippen molar-refractivity contribution in [1.82, 2.24) is 0 Å². The summed E-state index contributed by atoms with van der Waals surface area (Å²) in [5.74, 6) is 0. The Hall–Kier alpha value is -1.10. The first-order valence-corrected chi connectivity index (χ1v) is 6.34. The zero-order chi connectivity index (χ0) is 13.2. The lowest BCUT2D eigenvalue weighted by atomic mass is 10.2. The number of hydrogen-bond donors (Lipinski definition) is 1. The number of hydrogen-bond acceptors (Lipinski definition) is 4. The summed E-state index contributed by atoms with van der Waals surface area (Å²) in [7, 11) is 3.77. The molecule has 0 heterocycles. The Bertz CT molecular complexity index is 331. The zero-order valence-corrected chi connectivity index (χ0v) is 11.4. The Kier molecular flexibility index (Phi) is 7.41. The van der Waals surface area contributed by atoms with E-state index >= 15 is 0 Å². The van der Waals surface area contributed by atoms with Crippen LogP contribution in [0.2, 0.25) is 0 Å². The summed E-state index contributed by atoms with van der Waals surface area (Å²) in [4.78, 5) is 2.22. The standard InChI is InChI=1S/C14H24N2O2/c1-16(7-4-8-18-10-9-17-2)14-6-3-5-13(11-14)12-15/h3,5-6,11H,4,7-10,12,15H2,1-2H3. The van der Waals surface area contributed by atoms with E-state index in [1.807, 2.05) is 12.1 Å². The monoisotopic (exact) mass is 252 g/mol. The minimum Gasteiger partial charge on any atom is -0.382 e. The molecule has 4 heteroatoms. The second-order valence-electron chi connectivity index (χ2n) is 4.25. The molecule has 18 heavy (non-hydrogen) atoms. The predicted molar refractivity (Wildman–Crippen MR) is 74.9 cm³/mol. The quantitative estimate of drug-likeness (QED) is 0.679. The molecule has 0 aliphatic carbocycles. The highest BCUT2D eigenvalue weighted by atomic mass is 16.5. The SMILES string of the molecule is COCCOCCCN(C)c1cccc(CN)c1. The molecule has 0 radical (unpaired) electrons. The Morgan fingerprint density at radius 1 is 1.22 bits per heavy atom. The maximum atomic E-state index is 5.64. The van der Waals surface area contributed by atoms with Crippen molar-refractivity contribution >= 4 is 5.69 Å². The van der Waals surface area contributed by atoms with Crippen LogP contribution in [0, 0.1) is 0 Å². The molecule has 0 aliphatic rings. The third kappa shape index (κ3) is 5.49. The van der Waals surface area contributed by atoms with E-state index < -0.39 is 0 Å². The van der Waals surface area contributed by atoms with Crippen LogP contribution in [0.4, 0.5) is 5.69 Å². The third-order valence-electron chi connectivity index (χ3n) is 2.80. The molecule has 4 nitrogen and oxygen atoms in total. The van der Waals surface area contributed by atoms with Gasteiger partial charge in [0.05, 0.1) is 13.2 Å². The summed E-state index contributed by atoms with van der Waals surface area (Å²) in [5, 5.41) is 0. The molecule has 0 amide bonds. The molecule has 0 fully saturated rings. The maximum Gasteiger partial charge on any atom is 0.0700 e. The molecule has 0 spiro atoms. The van der Waals surface area contributed by atoms with E-state index in [1.54, 1.807) is 7.11 Å². The number of methoxy groups -OCH3 is 1. The van der Waals surface area contributed by atoms with Crippen molar-refractivity contribution in [3.05, 3.63) is 29.8 Å². The smallest absolute Gasteiger partial charge is 0.0700 e. The topological polar surface area (TPSA) is 47.7 Å². The minimum absolute atomic E-state index is 0.585. The number of benzene rings is 1. The molecular formula is C14H24N2O2. The highest BCUT2D eigenvalue weighted by Crippen LogP contribution is 2.14. The van der Waals surface area contributed by atoms with Gasteiger partial charge < -0.3 is 20.1 Å². The molecule has 1 aromatic rings. The highest BCUT2D eigenvalue weighted by Gasteiger charge is 2.01. The number of anilines is 1. The minimum atomic E-state index is 0.585. The van der Waals surface area contributed by atoms with E-state index in [0.717, 1.165) is 25.1 Å². The highest BCUT2D eigenvalue weighted by molar-refractivity contribution is 5.47. The fraction of sp³-hybridized carbons (Fsp3) is 0.571. The molecule has 0 bridgehead atoms. The number of nitrogens with zero attached hydrogens (tertiary/aromatic N) is 1. The summed E-state index contributed by atoms with van der Waals surface area (Å²) in [5.41, 5.74) is 8.00. The van der Waals surface area contributed by atoms with E-state index in [9.17, 15) is 0 Å². The first-order chi connectivity index (χ1) is 8.77. The lowest BCUT2D eigenvalue weighted by Gasteiger charge is -2.19. The molecule has 0 aromatic heterocycles. The van der Waals surface area contributed by atoms with Crippen LogP contribution >= 0.6 is 0 Å².